The number of rotatable bonds is 0. The van der Waals surface area contributed by atoms with Crippen molar-refractivity contribution in [2.75, 3.05) is 0 Å². The van der Waals surface area contributed by atoms with E-state index in [2.05, 4.69) is 6.42 Å². The van der Waals surface area contributed by atoms with Crippen LogP contribution in [-0.2, 0) is 0 Å². The highest BCUT2D eigenvalue weighted by molar-refractivity contribution is 5.50. The lowest BCUT2D eigenvalue weighted by atomic mass is 9.58. The normalized spacial score (nSPS) is 59.2. The maximum atomic E-state index is 4.01. The van der Waals surface area contributed by atoms with E-state index in [1.165, 1.54) is 51.4 Å². The Hall–Kier alpha value is -0.260. The van der Waals surface area contributed by atoms with Crippen LogP contribution < -0.4 is 0 Å². The van der Waals surface area contributed by atoms with Crippen LogP contribution in [0.2, 0.25) is 0 Å². The molecule has 2 bridgehead atoms. The third kappa shape index (κ3) is 0.610. The monoisotopic (exact) mass is 198 g/mol. The maximum Gasteiger partial charge on any atom is -0.00138 e. The Morgan fingerprint density at radius 2 is 1.47 bits per heavy atom. The lowest BCUT2D eigenvalue weighted by Crippen LogP contribution is -2.38. The smallest absolute Gasteiger partial charge is 0.00138 e. The fourth-order valence-electron chi connectivity index (χ4n) is 6.08. The summed E-state index contributed by atoms with van der Waals surface area (Å²) in [5.74, 6) is 1.95. The molecule has 6 rings (SSSR count). The van der Waals surface area contributed by atoms with Crippen LogP contribution in [-0.4, -0.2) is 0 Å². The molecular weight excluding hydrogens is 180 g/mol. The average molecular weight is 198 g/mol. The van der Waals surface area contributed by atoms with Crippen LogP contribution in [0.1, 0.15) is 51.4 Å². The second-order valence-electron chi connectivity index (χ2n) is 6.51. The molecule has 3 fully saturated rings. The Morgan fingerprint density at radius 3 is 2.07 bits per heavy atom. The molecule has 0 spiro atoms. The first-order valence-corrected chi connectivity index (χ1v) is 6.89. The Balaban J connectivity index is 1.76. The summed E-state index contributed by atoms with van der Waals surface area (Å²) < 4.78 is 0. The van der Waals surface area contributed by atoms with Gasteiger partial charge in [-0.05, 0) is 74.0 Å². The van der Waals surface area contributed by atoms with Gasteiger partial charge in [0.05, 0.1) is 0 Å². The molecule has 0 N–H and O–H groups in total. The van der Waals surface area contributed by atoms with Crippen molar-refractivity contribution in [2.45, 2.75) is 51.4 Å². The van der Waals surface area contributed by atoms with Gasteiger partial charge in [-0.3, -0.25) is 0 Å². The summed E-state index contributed by atoms with van der Waals surface area (Å²) in [5.41, 5.74) is 5.15. The van der Waals surface area contributed by atoms with Gasteiger partial charge in [0.2, 0.25) is 0 Å². The van der Waals surface area contributed by atoms with Gasteiger partial charge >= 0.3 is 0 Å². The van der Waals surface area contributed by atoms with Gasteiger partial charge in [-0.15, -0.1) is 0 Å². The highest BCUT2D eigenvalue weighted by Gasteiger charge is 2.79. The Kier molecular flexibility index (Phi) is 1.10. The first-order chi connectivity index (χ1) is 7.37. The summed E-state index contributed by atoms with van der Waals surface area (Å²) in [6, 6.07) is 0. The lowest BCUT2D eigenvalue weighted by molar-refractivity contribution is 0.130. The Labute approximate surface area is 92.1 Å². The minimum absolute atomic E-state index is 0.638. The summed E-state index contributed by atoms with van der Waals surface area (Å²) >= 11 is 0. The number of hydrogen-bond acceptors (Lipinski definition) is 0. The number of hydrogen-bond donors (Lipinski definition) is 0. The van der Waals surface area contributed by atoms with Crippen LogP contribution in [0, 0.1) is 29.1 Å². The Bertz CT molecular complexity index is 357. The lowest BCUT2D eigenvalue weighted by Gasteiger charge is -2.46. The van der Waals surface area contributed by atoms with Crippen LogP contribution in [0.4, 0.5) is 0 Å². The standard InChI is InChI=1S/C15H18/c1-3-10-11(4-1)13-6-5-12(10)14-7-2-8-15(13,14)9-14/h12-13H,1-8H2/t12-,13+,14+,15-. The predicted molar refractivity (Wildman–Crippen MR) is 59.1 cm³/mol. The molecule has 3 saturated carbocycles. The topological polar surface area (TPSA) is 0 Å². The number of fused-ring (bicyclic) bond motifs is 1. The van der Waals surface area contributed by atoms with Gasteiger partial charge in [0.15, 0.2) is 0 Å². The Morgan fingerprint density at radius 1 is 0.867 bits per heavy atom. The van der Waals surface area contributed by atoms with Gasteiger partial charge in [0, 0.05) is 0 Å². The van der Waals surface area contributed by atoms with Crippen molar-refractivity contribution in [1.82, 2.24) is 0 Å². The maximum absolute atomic E-state index is 4.01. The molecule has 0 heterocycles. The van der Waals surface area contributed by atoms with Crippen LogP contribution in [0.3, 0.4) is 0 Å². The highest BCUT2D eigenvalue weighted by atomic mass is 14.8. The van der Waals surface area contributed by atoms with Gasteiger partial charge in [0.25, 0.3) is 0 Å². The summed E-state index contributed by atoms with van der Waals surface area (Å²) in [4.78, 5) is 0. The molecule has 0 amide bonds. The molecule has 0 unspecified atom stereocenters. The van der Waals surface area contributed by atoms with Crippen molar-refractivity contribution in [2.24, 2.45) is 22.7 Å². The van der Waals surface area contributed by atoms with E-state index >= 15 is 0 Å². The van der Waals surface area contributed by atoms with E-state index in [1.807, 2.05) is 11.1 Å². The molecule has 4 atom stereocenters. The SMILES string of the molecule is [C]1[C@@]23CCC[C@@]12[C@@H]1CC[C@H]3C2=C1CCC2. The summed E-state index contributed by atoms with van der Waals surface area (Å²) in [6.45, 7) is 0. The predicted octanol–water partition coefficient (Wildman–Crippen LogP) is 3.76. The molecule has 0 aliphatic heterocycles. The zero-order chi connectivity index (χ0) is 9.67. The zero-order valence-corrected chi connectivity index (χ0v) is 9.31. The van der Waals surface area contributed by atoms with Gasteiger partial charge in [-0.25, -0.2) is 0 Å². The molecule has 6 aliphatic rings. The second-order valence-corrected chi connectivity index (χ2v) is 6.51. The molecule has 0 heteroatoms. The van der Waals surface area contributed by atoms with E-state index in [-0.39, 0.29) is 0 Å². The minimum atomic E-state index is 0.638. The minimum Gasteiger partial charge on any atom is -0.0670 e. The van der Waals surface area contributed by atoms with Crippen molar-refractivity contribution in [1.29, 1.82) is 0 Å². The van der Waals surface area contributed by atoms with Gasteiger partial charge in [-0.2, -0.15) is 0 Å². The molecule has 15 heavy (non-hydrogen) atoms. The fraction of sp³-hybridized carbons (Fsp3) is 0.800. The third-order valence-corrected chi connectivity index (χ3v) is 6.40. The highest BCUT2D eigenvalue weighted by Crippen LogP contribution is 2.86. The molecule has 0 aromatic carbocycles. The molecule has 2 radical (unpaired) electrons. The van der Waals surface area contributed by atoms with Crippen molar-refractivity contribution < 1.29 is 0 Å². The van der Waals surface area contributed by atoms with Gasteiger partial charge in [-0.1, -0.05) is 17.6 Å². The third-order valence-electron chi connectivity index (χ3n) is 6.40. The molecular formula is C15H18. The summed E-state index contributed by atoms with van der Waals surface area (Å²) in [6.07, 6.45) is 15.9. The molecule has 0 aromatic rings. The average Bonchev–Trinajstić information content (AvgIpc) is 2.66. The van der Waals surface area contributed by atoms with E-state index < -0.39 is 0 Å². The van der Waals surface area contributed by atoms with Gasteiger partial charge in [0.1, 0.15) is 0 Å². The van der Waals surface area contributed by atoms with Gasteiger partial charge < -0.3 is 0 Å². The second kappa shape index (κ2) is 2.08. The molecule has 6 aliphatic carbocycles. The van der Waals surface area contributed by atoms with Crippen LogP contribution in [0.15, 0.2) is 11.1 Å². The van der Waals surface area contributed by atoms with Crippen LogP contribution in [0.5, 0.6) is 0 Å². The first kappa shape index (κ1) is 7.92. The quantitative estimate of drug-likeness (QED) is 0.520. The van der Waals surface area contributed by atoms with Crippen molar-refractivity contribution in [3.63, 3.8) is 0 Å². The summed E-state index contributed by atoms with van der Waals surface area (Å²) in [7, 11) is 0. The van der Waals surface area contributed by atoms with E-state index in [0.29, 0.717) is 10.8 Å². The van der Waals surface area contributed by atoms with Crippen LogP contribution >= 0.6 is 0 Å². The van der Waals surface area contributed by atoms with E-state index in [0.717, 1.165) is 11.8 Å². The molecule has 0 aromatic heterocycles. The molecule has 78 valence electrons. The fourth-order valence-corrected chi connectivity index (χ4v) is 6.08. The first-order valence-electron chi connectivity index (χ1n) is 6.89. The van der Waals surface area contributed by atoms with Crippen molar-refractivity contribution >= 4 is 0 Å². The van der Waals surface area contributed by atoms with E-state index in [1.54, 1.807) is 0 Å². The van der Waals surface area contributed by atoms with E-state index in [9.17, 15) is 0 Å². The number of allylic oxidation sites excluding steroid dienone is 2. The zero-order valence-electron chi connectivity index (χ0n) is 9.31. The molecule has 0 nitrogen and oxygen atoms in total. The van der Waals surface area contributed by atoms with Crippen molar-refractivity contribution in [3.05, 3.63) is 17.6 Å². The largest absolute Gasteiger partial charge is 0.0670 e. The van der Waals surface area contributed by atoms with Crippen molar-refractivity contribution in [3.8, 4) is 0 Å². The molecule has 0 saturated heterocycles. The van der Waals surface area contributed by atoms with E-state index in [4.69, 9.17) is 0 Å². The summed E-state index contributed by atoms with van der Waals surface area (Å²) in [5, 5.41) is 0. The van der Waals surface area contributed by atoms with Crippen LogP contribution in [0.25, 0.3) is 0 Å².